The van der Waals surface area contributed by atoms with Gasteiger partial charge in [0, 0.05) is 38.0 Å². The molecular formula is C24H25N7O3. The quantitative estimate of drug-likeness (QED) is 0.468. The van der Waals surface area contributed by atoms with Crippen LogP contribution in [0.3, 0.4) is 0 Å². The number of carbonyl (C=O) groups excluding carboxylic acids is 1. The standard InChI is InChI=1S/C24H25N7O3/c1-15(22-28-24(34-29-22)19-12-27-31(13-19)14-21(32)30(2)3)16-4-6-17(7-5-16)18-10-20-23(26-11-18)25-8-9-33-20/h4-7,10-13,15H,8-9,14H2,1-3H3,(H,25,26). The lowest BCUT2D eigenvalue weighted by Gasteiger charge is -2.18. The summed E-state index contributed by atoms with van der Waals surface area (Å²) in [7, 11) is 3.42. The molecule has 1 amide bonds. The van der Waals surface area contributed by atoms with Crippen LogP contribution in [0.1, 0.15) is 24.2 Å². The number of pyridine rings is 1. The predicted molar refractivity (Wildman–Crippen MR) is 125 cm³/mol. The molecule has 1 unspecified atom stereocenters. The second-order valence-electron chi connectivity index (χ2n) is 8.36. The largest absolute Gasteiger partial charge is 0.488 e. The van der Waals surface area contributed by atoms with Crippen LogP contribution in [0.15, 0.2) is 53.4 Å². The first-order valence-corrected chi connectivity index (χ1v) is 11.0. The summed E-state index contributed by atoms with van der Waals surface area (Å²) in [5.41, 5.74) is 3.78. The average molecular weight is 460 g/mol. The number of anilines is 1. The van der Waals surface area contributed by atoms with Crippen LogP contribution in [0.4, 0.5) is 5.82 Å². The van der Waals surface area contributed by atoms with E-state index in [2.05, 4.69) is 49.8 Å². The zero-order valence-electron chi connectivity index (χ0n) is 19.2. The van der Waals surface area contributed by atoms with Crippen molar-refractivity contribution in [3.8, 4) is 28.3 Å². The van der Waals surface area contributed by atoms with E-state index >= 15 is 0 Å². The first kappa shape index (κ1) is 21.6. The predicted octanol–water partition coefficient (Wildman–Crippen LogP) is 3.04. The van der Waals surface area contributed by atoms with Gasteiger partial charge < -0.3 is 19.5 Å². The number of nitrogens with one attached hydrogen (secondary N) is 1. The highest BCUT2D eigenvalue weighted by Crippen LogP contribution is 2.32. The summed E-state index contributed by atoms with van der Waals surface area (Å²) in [6, 6.07) is 10.2. The van der Waals surface area contributed by atoms with Crippen molar-refractivity contribution in [2.24, 2.45) is 0 Å². The number of rotatable bonds is 6. The summed E-state index contributed by atoms with van der Waals surface area (Å²) in [6.45, 7) is 3.58. The van der Waals surface area contributed by atoms with E-state index in [1.54, 1.807) is 31.2 Å². The van der Waals surface area contributed by atoms with E-state index in [1.807, 2.05) is 19.2 Å². The molecule has 4 aromatic rings. The first-order valence-electron chi connectivity index (χ1n) is 11.0. The molecule has 1 aliphatic heterocycles. The van der Waals surface area contributed by atoms with Gasteiger partial charge in [-0.15, -0.1) is 0 Å². The highest BCUT2D eigenvalue weighted by Gasteiger charge is 2.19. The molecule has 1 atom stereocenters. The van der Waals surface area contributed by atoms with Gasteiger partial charge in [0.15, 0.2) is 17.4 Å². The number of nitrogens with zero attached hydrogens (tertiary/aromatic N) is 6. The Kier molecular flexibility index (Phi) is 5.70. The number of hydrogen-bond donors (Lipinski definition) is 1. The molecule has 1 N–H and O–H groups in total. The SMILES string of the molecule is CC(c1ccc(-c2cnc3c(c2)OCCN3)cc1)c1noc(-c2cnn(CC(=O)N(C)C)c2)n1. The molecule has 3 aromatic heterocycles. The third kappa shape index (κ3) is 4.34. The number of aromatic nitrogens is 5. The molecule has 0 bridgehead atoms. The summed E-state index contributed by atoms with van der Waals surface area (Å²) in [4.78, 5) is 22.4. The van der Waals surface area contributed by atoms with Crippen LogP contribution >= 0.6 is 0 Å². The van der Waals surface area contributed by atoms with Crippen molar-refractivity contribution >= 4 is 11.7 Å². The van der Waals surface area contributed by atoms with E-state index in [0.717, 1.165) is 34.8 Å². The number of fused-ring (bicyclic) bond motifs is 1. The Labute approximate surface area is 196 Å². The zero-order valence-corrected chi connectivity index (χ0v) is 19.2. The van der Waals surface area contributed by atoms with Crippen molar-refractivity contribution in [3.63, 3.8) is 0 Å². The van der Waals surface area contributed by atoms with Gasteiger partial charge in [0.2, 0.25) is 5.91 Å². The molecule has 0 saturated heterocycles. The fraction of sp³-hybridized carbons (Fsp3) is 0.292. The van der Waals surface area contributed by atoms with Crippen molar-refractivity contribution in [1.29, 1.82) is 0 Å². The van der Waals surface area contributed by atoms with Gasteiger partial charge in [0.1, 0.15) is 13.2 Å². The lowest BCUT2D eigenvalue weighted by Crippen LogP contribution is -2.26. The van der Waals surface area contributed by atoms with Crippen LogP contribution < -0.4 is 10.1 Å². The number of likely N-dealkylation sites (N-methyl/N-ethyl adjacent to an activating group) is 1. The lowest BCUT2D eigenvalue weighted by molar-refractivity contribution is -0.129. The number of benzene rings is 1. The fourth-order valence-electron chi connectivity index (χ4n) is 3.66. The second kappa shape index (κ2) is 8.97. The molecule has 0 saturated carbocycles. The van der Waals surface area contributed by atoms with Gasteiger partial charge in [-0.1, -0.05) is 36.3 Å². The number of amides is 1. The Bertz CT molecular complexity index is 1310. The van der Waals surface area contributed by atoms with Crippen LogP contribution in [-0.4, -0.2) is 63.0 Å². The molecule has 4 heterocycles. The van der Waals surface area contributed by atoms with Crippen LogP contribution in [0.5, 0.6) is 5.75 Å². The zero-order chi connectivity index (χ0) is 23.7. The van der Waals surface area contributed by atoms with E-state index in [0.29, 0.717) is 23.9 Å². The molecule has 0 spiro atoms. The van der Waals surface area contributed by atoms with E-state index in [9.17, 15) is 4.79 Å². The molecule has 174 valence electrons. The average Bonchev–Trinajstić information content (AvgIpc) is 3.53. The molecule has 1 aromatic carbocycles. The number of ether oxygens (including phenoxy) is 1. The van der Waals surface area contributed by atoms with Crippen molar-refractivity contribution in [1.82, 2.24) is 29.8 Å². The molecule has 34 heavy (non-hydrogen) atoms. The number of carbonyl (C=O) groups is 1. The molecular weight excluding hydrogens is 434 g/mol. The fourth-order valence-corrected chi connectivity index (χ4v) is 3.66. The maximum Gasteiger partial charge on any atom is 0.261 e. The third-order valence-electron chi connectivity index (χ3n) is 5.75. The Balaban J connectivity index is 1.30. The Morgan fingerprint density at radius 1 is 1.18 bits per heavy atom. The van der Waals surface area contributed by atoms with Crippen LogP contribution in [0.2, 0.25) is 0 Å². The Morgan fingerprint density at radius 3 is 2.79 bits per heavy atom. The van der Waals surface area contributed by atoms with E-state index in [1.165, 1.54) is 4.90 Å². The normalized spacial score (nSPS) is 13.5. The van der Waals surface area contributed by atoms with Crippen molar-refractivity contribution < 1.29 is 14.1 Å². The first-order chi connectivity index (χ1) is 16.5. The van der Waals surface area contributed by atoms with E-state index < -0.39 is 0 Å². The molecule has 0 aliphatic carbocycles. The molecule has 0 fully saturated rings. The molecule has 1 aliphatic rings. The molecule has 5 rings (SSSR count). The third-order valence-corrected chi connectivity index (χ3v) is 5.75. The lowest BCUT2D eigenvalue weighted by atomic mass is 9.97. The minimum Gasteiger partial charge on any atom is -0.488 e. The van der Waals surface area contributed by atoms with Crippen LogP contribution in [0, 0.1) is 0 Å². The van der Waals surface area contributed by atoms with Crippen molar-refractivity contribution in [2.45, 2.75) is 19.4 Å². The minimum absolute atomic E-state index is 0.0479. The number of hydrogen-bond acceptors (Lipinski definition) is 8. The Morgan fingerprint density at radius 2 is 2.00 bits per heavy atom. The summed E-state index contributed by atoms with van der Waals surface area (Å²) in [6.07, 6.45) is 5.19. The molecule has 10 nitrogen and oxygen atoms in total. The Hall–Kier alpha value is -4.21. The topological polar surface area (TPSA) is 111 Å². The maximum absolute atomic E-state index is 11.9. The highest BCUT2D eigenvalue weighted by molar-refractivity contribution is 5.75. The summed E-state index contributed by atoms with van der Waals surface area (Å²) in [5.74, 6) is 2.39. The maximum atomic E-state index is 11.9. The van der Waals surface area contributed by atoms with Gasteiger partial charge in [-0.05, 0) is 17.2 Å². The van der Waals surface area contributed by atoms with E-state index in [4.69, 9.17) is 9.26 Å². The molecule has 0 radical (unpaired) electrons. The van der Waals surface area contributed by atoms with Gasteiger partial charge in [-0.2, -0.15) is 10.1 Å². The van der Waals surface area contributed by atoms with Crippen LogP contribution in [-0.2, 0) is 11.3 Å². The van der Waals surface area contributed by atoms with Crippen LogP contribution in [0.25, 0.3) is 22.6 Å². The monoisotopic (exact) mass is 459 g/mol. The van der Waals surface area contributed by atoms with Gasteiger partial charge in [-0.3, -0.25) is 9.48 Å². The van der Waals surface area contributed by atoms with Gasteiger partial charge in [0.05, 0.1) is 18.3 Å². The summed E-state index contributed by atoms with van der Waals surface area (Å²) in [5, 5.41) is 11.6. The van der Waals surface area contributed by atoms with Crippen molar-refractivity contribution in [2.75, 3.05) is 32.6 Å². The summed E-state index contributed by atoms with van der Waals surface area (Å²) < 4.78 is 12.7. The van der Waals surface area contributed by atoms with Gasteiger partial charge in [-0.25, -0.2) is 4.98 Å². The van der Waals surface area contributed by atoms with E-state index in [-0.39, 0.29) is 18.4 Å². The highest BCUT2D eigenvalue weighted by atomic mass is 16.5. The summed E-state index contributed by atoms with van der Waals surface area (Å²) >= 11 is 0. The second-order valence-corrected chi connectivity index (χ2v) is 8.36. The van der Waals surface area contributed by atoms with Gasteiger partial charge >= 0.3 is 0 Å². The van der Waals surface area contributed by atoms with Gasteiger partial charge in [0.25, 0.3) is 5.89 Å². The smallest absolute Gasteiger partial charge is 0.261 e. The van der Waals surface area contributed by atoms with Crippen molar-refractivity contribution in [3.05, 3.63) is 60.3 Å². The molecule has 10 heteroatoms. The minimum atomic E-state index is -0.0638.